The van der Waals surface area contributed by atoms with Gasteiger partial charge in [0, 0.05) is 17.8 Å². The van der Waals surface area contributed by atoms with Crippen molar-refractivity contribution in [1.82, 2.24) is 24.5 Å². The predicted molar refractivity (Wildman–Crippen MR) is 150 cm³/mol. The van der Waals surface area contributed by atoms with E-state index >= 15 is 0 Å². The Morgan fingerprint density at radius 2 is 2.10 bits per heavy atom. The molecule has 41 heavy (non-hydrogen) atoms. The largest absolute Gasteiger partial charge is 0.416 e. The number of amides is 1. The lowest BCUT2D eigenvalue weighted by molar-refractivity contribution is -0.137. The number of alkyl halides is 3. The van der Waals surface area contributed by atoms with Crippen LogP contribution in [0, 0.1) is 0 Å². The summed E-state index contributed by atoms with van der Waals surface area (Å²) in [5.74, 6) is 0.0137. The van der Waals surface area contributed by atoms with E-state index in [1.165, 1.54) is 4.52 Å². The van der Waals surface area contributed by atoms with Gasteiger partial charge in [0.2, 0.25) is 11.7 Å². The summed E-state index contributed by atoms with van der Waals surface area (Å²) in [7, 11) is 0. The number of aromatic nitrogens is 4. The quantitative estimate of drug-likeness (QED) is 0.431. The Morgan fingerprint density at radius 3 is 2.71 bits per heavy atom. The van der Waals surface area contributed by atoms with Gasteiger partial charge < -0.3 is 19.9 Å². The van der Waals surface area contributed by atoms with E-state index in [2.05, 4.69) is 34.6 Å². The number of carbonyl (C=O) groups is 1. The molecule has 2 aromatic heterocycles. The first-order chi connectivity index (χ1) is 19.4. The first kappa shape index (κ1) is 29.0. The zero-order valence-electron chi connectivity index (χ0n) is 22.9. The summed E-state index contributed by atoms with van der Waals surface area (Å²) in [5, 5.41) is 10.3. The van der Waals surface area contributed by atoms with Crippen LogP contribution in [0.5, 0.6) is 0 Å². The van der Waals surface area contributed by atoms with E-state index in [4.69, 9.17) is 16.3 Å². The number of anilines is 1. The molecule has 5 rings (SSSR count). The Kier molecular flexibility index (Phi) is 7.84. The highest BCUT2D eigenvalue weighted by molar-refractivity contribution is 6.33. The van der Waals surface area contributed by atoms with Crippen molar-refractivity contribution in [1.29, 1.82) is 0 Å². The van der Waals surface area contributed by atoms with E-state index in [0.717, 1.165) is 35.8 Å². The zero-order valence-corrected chi connectivity index (χ0v) is 23.6. The topological polar surface area (TPSA) is 103 Å². The Hall–Kier alpha value is -3.48. The van der Waals surface area contributed by atoms with Gasteiger partial charge in [0.15, 0.2) is 5.82 Å². The molecule has 0 atom stereocenters. The Balaban J connectivity index is 1.58. The van der Waals surface area contributed by atoms with Crippen LogP contribution in [0.2, 0.25) is 5.02 Å². The molecule has 0 bridgehead atoms. The maximum absolute atomic E-state index is 13.8. The second kappa shape index (κ2) is 11.1. The molecule has 2 aliphatic heterocycles. The van der Waals surface area contributed by atoms with Gasteiger partial charge in [-0.05, 0) is 63.0 Å². The third-order valence-electron chi connectivity index (χ3n) is 7.16. The van der Waals surface area contributed by atoms with Gasteiger partial charge in [0.1, 0.15) is 6.54 Å². The lowest BCUT2D eigenvalue weighted by Gasteiger charge is -2.17. The predicted octanol–water partition coefficient (Wildman–Crippen LogP) is 4.72. The van der Waals surface area contributed by atoms with Crippen LogP contribution in [0.25, 0.3) is 17.4 Å². The molecule has 0 aliphatic carbocycles. The molecule has 4 heterocycles. The van der Waals surface area contributed by atoms with Gasteiger partial charge in [-0.1, -0.05) is 30.2 Å². The van der Waals surface area contributed by atoms with Gasteiger partial charge >= 0.3 is 6.18 Å². The molecule has 2 N–H and O–H groups in total. The SMILES string of the molecule is CCc1c(/C=C2/CNC(C)(C)C2)c(=O)n2nc(C3=CCOCC3)nc2n1CC(=O)Nc1ccc(C(F)(F)F)cc1Cl. The van der Waals surface area contributed by atoms with Crippen molar-refractivity contribution in [3.63, 3.8) is 0 Å². The summed E-state index contributed by atoms with van der Waals surface area (Å²) >= 11 is 6.07. The Morgan fingerprint density at radius 1 is 1.32 bits per heavy atom. The van der Waals surface area contributed by atoms with Gasteiger partial charge in [-0.3, -0.25) is 9.59 Å². The third kappa shape index (κ3) is 6.09. The average molecular weight is 591 g/mol. The molecular formula is C28H30ClF3N6O3. The van der Waals surface area contributed by atoms with Crippen LogP contribution < -0.4 is 16.2 Å². The highest BCUT2D eigenvalue weighted by Gasteiger charge is 2.31. The summed E-state index contributed by atoms with van der Waals surface area (Å²) in [5.41, 5.74) is 1.54. The standard InChI is InChI=1S/C28H30ClF3N6O3/c1-4-22-19(11-16-13-27(2,3)33-14-16)25(40)38-26(35-24(36-38)17-7-9-41-10-8-17)37(22)15-23(39)34-21-6-5-18(12-20(21)29)28(30,31)32/h5-7,11-12,33H,4,8-10,13-15H2,1-3H3,(H,34,39)/b16-11+. The van der Waals surface area contributed by atoms with E-state index in [1.807, 2.05) is 19.1 Å². The van der Waals surface area contributed by atoms with Gasteiger partial charge in [-0.15, -0.1) is 5.10 Å². The molecule has 0 unspecified atom stereocenters. The highest BCUT2D eigenvalue weighted by atomic mass is 35.5. The molecule has 0 radical (unpaired) electrons. The van der Waals surface area contributed by atoms with E-state index in [0.29, 0.717) is 49.7 Å². The molecule has 0 saturated carbocycles. The van der Waals surface area contributed by atoms with Crippen LogP contribution in [0.15, 0.2) is 34.6 Å². The number of hydrogen-bond donors (Lipinski definition) is 2. The molecule has 218 valence electrons. The minimum Gasteiger partial charge on any atom is -0.377 e. The number of benzene rings is 1. The first-order valence-corrected chi connectivity index (χ1v) is 13.6. The number of hydrogen-bond acceptors (Lipinski definition) is 6. The van der Waals surface area contributed by atoms with Crippen molar-refractivity contribution >= 4 is 40.6 Å². The van der Waals surface area contributed by atoms with E-state index in [-0.39, 0.29) is 34.1 Å². The van der Waals surface area contributed by atoms with Crippen LogP contribution >= 0.6 is 11.6 Å². The summed E-state index contributed by atoms with van der Waals surface area (Å²) in [6, 6.07) is 2.73. The Bertz CT molecular complexity index is 1640. The van der Waals surface area contributed by atoms with Gasteiger partial charge in [-0.2, -0.15) is 22.7 Å². The van der Waals surface area contributed by atoms with E-state index < -0.39 is 17.6 Å². The van der Waals surface area contributed by atoms with Gasteiger partial charge in [0.05, 0.1) is 35.1 Å². The van der Waals surface area contributed by atoms with E-state index in [1.54, 1.807) is 4.57 Å². The lowest BCUT2D eigenvalue weighted by Crippen LogP contribution is -2.31. The molecule has 1 aromatic carbocycles. The highest BCUT2D eigenvalue weighted by Crippen LogP contribution is 2.34. The second-order valence-electron chi connectivity index (χ2n) is 10.8. The molecule has 1 amide bonds. The summed E-state index contributed by atoms with van der Waals surface area (Å²) in [6.45, 7) is 7.30. The van der Waals surface area contributed by atoms with Crippen molar-refractivity contribution in [3.05, 3.63) is 67.9 Å². The maximum atomic E-state index is 13.8. The number of fused-ring (bicyclic) bond motifs is 1. The summed E-state index contributed by atoms with van der Waals surface area (Å²) in [4.78, 5) is 31.7. The number of carbonyl (C=O) groups excluding carboxylic acids is 1. The third-order valence-corrected chi connectivity index (χ3v) is 7.47. The lowest BCUT2D eigenvalue weighted by atomic mass is 9.99. The van der Waals surface area contributed by atoms with Crippen molar-refractivity contribution in [2.45, 2.75) is 58.3 Å². The number of nitrogens with one attached hydrogen (secondary N) is 2. The van der Waals surface area contributed by atoms with Gasteiger partial charge in [-0.25, -0.2) is 0 Å². The average Bonchev–Trinajstić information content (AvgIpc) is 3.51. The van der Waals surface area contributed by atoms with E-state index in [9.17, 15) is 22.8 Å². The summed E-state index contributed by atoms with van der Waals surface area (Å²) < 4.78 is 47.4. The molecule has 1 fully saturated rings. The number of halogens is 4. The van der Waals surface area contributed by atoms with Crippen LogP contribution in [-0.2, 0) is 28.7 Å². The molecule has 2 aliphatic rings. The van der Waals surface area contributed by atoms with Crippen LogP contribution in [0.3, 0.4) is 0 Å². The first-order valence-electron chi connectivity index (χ1n) is 13.3. The molecule has 9 nitrogen and oxygen atoms in total. The number of ether oxygens (including phenoxy) is 1. The monoisotopic (exact) mass is 590 g/mol. The zero-order chi connectivity index (χ0) is 29.5. The number of nitrogens with zero attached hydrogens (tertiary/aromatic N) is 4. The molecule has 1 saturated heterocycles. The fourth-order valence-electron chi connectivity index (χ4n) is 5.15. The minimum atomic E-state index is -4.57. The van der Waals surface area contributed by atoms with Crippen molar-refractivity contribution in [3.8, 4) is 0 Å². The number of rotatable bonds is 6. The Labute approximate surface area is 239 Å². The van der Waals surface area contributed by atoms with Crippen molar-refractivity contribution in [2.24, 2.45) is 0 Å². The fraction of sp³-hybridized carbons (Fsp3) is 0.429. The minimum absolute atomic E-state index is 0.0379. The smallest absolute Gasteiger partial charge is 0.377 e. The molecule has 13 heteroatoms. The van der Waals surface area contributed by atoms with Crippen molar-refractivity contribution < 1.29 is 22.7 Å². The summed E-state index contributed by atoms with van der Waals surface area (Å²) in [6.07, 6.45) is 0.895. The van der Waals surface area contributed by atoms with Crippen molar-refractivity contribution in [2.75, 3.05) is 25.1 Å². The fourth-order valence-corrected chi connectivity index (χ4v) is 5.38. The molecule has 0 spiro atoms. The van der Waals surface area contributed by atoms with Gasteiger partial charge in [0.25, 0.3) is 5.56 Å². The van der Waals surface area contributed by atoms with Crippen LogP contribution in [0.4, 0.5) is 18.9 Å². The second-order valence-corrected chi connectivity index (χ2v) is 11.2. The molecule has 3 aromatic rings. The van der Waals surface area contributed by atoms with Crippen LogP contribution in [0.1, 0.15) is 56.3 Å². The molecular weight excluding hydrogens is 561 g/mol. The maximum Gasteiger partial charge on any atom is 0.416 e. The van der Waals surface area contributed by atoms with Crippen LogP contribution in [-0.4, -0.2) is 50.4 Å². The normalized spacial score (nSPS) is 18.2.